The van der Waals surface area contributed by atoms with Crippen molar-refractivity contribution >= 4 is 30.7 Å². The third kappa shape index (κ3) is 15.4. The molecule has 4 rings (SSSR count). The largest absolute Gasteiger partial charge is 0.461 e. The number of anilines is 1. The van der Waals surface area contributed by atoms with E-state index in [9.17, 15) is 18.9 Å². The first kappa shape index (κ1) is 48.1. The van der Waals surface area contributed by atoms with Crippen LogP contribution in [-0.2, 0) is 23.4 Å². The van der Waals surface area contributed by atoms with E-state index in [1.807, 2.05) is 0 Å². The number of carbonyl (C=O) groups is 1. The summed E-state index contributed by atoms with van der Waals surface area (Å²) in [5.74, 6) is 1.93. The van der Waals surface area contributed by atoms with Crippen molar-refractivity contribution in [2.24, 2.45) is 0 Å². The second kappa shape index (κ2) is 25.2. The molecule has 328 valence electrons. The lowest BCUT2D eigenvalue weighted by atomic mass is 9.99. The van der Waals surface area contributed by atoms with E-state index in [1.54, 1.807) is 37.3 Å². The Labute approximate surface area is 350 Å². The van der Waals surface area contributed by atoms with Crippen LogP contribution in [0.15, 0.2) is 36.7 Å². The molecule has 13 nitrogen and oxygen atoms in total. The summed E-state index contributed by atoms with van der Waals surface area (Å²) in [4.78, 5) is 25.2. The Hall–Kier alpha value is -3.60. The number of aliphatic hydroxyl groups excluding tert-OH is 1. The van der Waals surface area contributed by atoms with Gasteiger partial charge in [-0.05, 0) is 44.7 Å². The molecular weight excluding hydrogens is 774 g/mol. The van der Waals surface area contributed by atoms with Gasteiger partial charge < -0.3 is 24.8 Å². The molecule has 2 aromatic heterocycles. The molecule has 5 atom stereocenters. The molecular formula is C44H68FN6O7P. The Balaban J connectivity index is 1.39. The Morgan fingerprint density at radius 2 is 1.54 bits per heavy atom. The molecule has 4 N–H and O–H groups in total. The van der Waals surface area contributed by atoms with Crippen molar-refractivity contribution in [1.29, 1.82) is 0 Å². The van der Waals surface area contributed by atoms with E-state index in [1.165, 1.54) is 101 Å². The SMILES string of the molecule is C#C[C@]1(CO[P@@](=O)(N[C@@H](C)C(=O)OC(CCCCCCCCCCC)CCCCCCCCCCC)Oc2ccccc2)O[C@@H](n2cnc3c(N)nc(F)nc32)C[C@@H]1O. The van der Waals surface area contributed by atoms with Gasteiger partial charge in [0.1, 0.15) is 36.8 Å². The zero-order chi connectivity index (χ0) is 42.5. The molecule has 3 heterocycles. The number of nitrogens with zero attached hydrogens (tertiary/aromatic N) is 4. The lowest BCUT2D eigenvalue weighted by molar-refractivity contribution is -0.151. The summed E-state index contributed by atoms with van der Waals surface area (Å²) in [5.41, 5.74) is 4.20. The van der Waals surface area contributed by atoms with Crippen LogP contribution < -0.4 is 15.3 Å². The molecule has 0 spiro atoms. The molecule has 0 amide bonds. The van der Waals surface area contributed by atoms with E-state index >= 15 is 0 Å². The zero-order valence-corrected chi connectivity index (χ0v) is 36.4. The average Bonchev–Trinajstić information content (AvgIpc) is 3.79. The second-order valence-electron chi connectivity index (χ2n) is 15.9. The molecule has 0 radical (unpaired) electrons. The highest BCUT2D eigenvalue weighted by molar-refractivity contribution is 7.52. The van der Waals surface area contributed by atoms with Gasteiger partial charge in [0.15, 0.2) is 22.6 Å². The predicted octanol–water partition coefficient (Wildman–Crippen LogP) is 10.1. The van der Waals surface area contributed by atoms with Crippen molar-refractivity contribution < 1.29 is 37.4 Å². The number of esters is 1. The van der Waals surface area contributed by atoms with Crippen LogP contribution in [0.2, 0.25) is 0 Å². The van der Waals surface area contributed by atoms with Gasteiger partial charge in [0.25, 0.3) is 0 Å². The lowest BCUT2D eigenvalue weighted by Crippen LogP contribution is -2.44. The molecule has 59 heavy (non-hydrogen) atoms. The van der Waals surface area contributed by atoms with Crippen molar-refractivity contribution in [2.45, 2.75) is 186 Å². The van der Waals surface area contributed by atoms with Crippen molar-refractivity contribution in [2.75, 3.05) is 12.3 Å². The maximum absolute atomic E-state index is 14.5. The van der Waals surface area contributed by atoms with Gasteiger partial charge in [0.05, 0.1) is 6.33 Å². The van der Waals surface area contributed by atoms with Crippen LogP contribution in [0.3, 0.4) is 0 Å². The number of rotatable bonds is 30. The fourth-order valence-electron chi connectivity index (χ4n) is 7.42. The number of nitrogens with one attached hydrogen (secondary N) is 1. The monoisotopic (exact) mass is 842 g/mol. The van der Waals surface area contributed by atoms with Gasteiger partial charge in [-0.2, -0.15) is 19.4 Å². The number of unbranched alkanes of at least 4 members (excludes halogenated alkanes) is 16. The summed E-state index contributed by atoms with van der Waals surface area (Å²) in [5, 5.41) is 14.0. The first-order valence-corrected chi connectivity index (χ1v) is 23.5. The van der Waals surface area contributed by atoms with Gasteiger partial charge in [-0.3, -0.25) is 13.9 Å². The van der Waals surface area contributed by atoms with Gasteiger partial charge in [-0.25, -0.2) is 9.55 Å². The number of terminal acetylenes is 1. The molecule has 1 saturated heterocycles. The molecule has 1 fully saturated rings. The topological polar surface area (TPSA) is 173 Å². The molecule has 1 aromatic carbocycles. The standard InChI is InChI=1S/C44H68FN6O7P/c1-5-8-10-12-14-16-18-20-23-27-35(28-24-21-19-17-15-13-11-9-6-2)56-42(53)34(4)50-59(54,58-36-29-25-22-26-30-36)55-32-44(7-3)37(52)31-38(57-44)51-33-47-39-40(46)48-43(45)49-41(39)51/h3,22,25-26,29-30,33-35,37-38,52H,5-6,8-21,23-24,27-28,31-32H2,1-2,4H3,(H,50,54)(H2,46,48,49)/t34-,37-,38+,44+,59-/m0/s1. The van der Waals surface area contributed by atoms with Crippen LogP contribution in [-0.4, -0.2) is 61.1 Å². The third-order valence-corrected chi connectivity index (χ3v) is 12.6. The van der Waals surface area contributed by atoms with Crippen molar-refractivity contribution in [1.82, 2.24) is 24.6 Å². The molecule has 0 saturated carbocycles. The first-order chi connectivity index (χ1) is 28.5. The quantitative estimate of drug-likeness (QED) is 0.0191. The second-order valence-corrected chi connectivity index (χ2v) is 17.6. The third-order valence-electron chi connectivity index (χ3n) is 11.0. The van der Waals surface area contributed by atoms with Crippen LogP contribution in [0.1, 0.15) is 162 Å². The number of halogens is 1. The van der Waals surface area contributed by atoms with E-state index < -0.39 is 50.4 Å². The molecule has 0 unspecified atom stereocenters. The van der Waals surface area contributed by atoms with E-state index in [0.717, 1.165) is 38.5 Å². The summed E-state index contributed by atoms with van der Waals surface area (Å²) < 4.78 is 54.1. The number of nitrogen functional groups attached to an aromatic ring is 1. The number of para-hydroxylation sites is 1. The Morgan fingerprint density at radius 3 is 2.10 bits per heavy atom. The number of imidazole rings is 1. The van der Waals surface area contributed by atoms with Gasteiger partial charge in [-0.15, -0.1) is 6.42 Å². The van der Waals surface area contributed by atoms with Crippen LogP contribution >= 0.6 is 7.75 Å². The minimum absolute atomic E-state index is 0.0435. The van der Waals surface area contributed by atoms with Crippen LogP contribution in [0.25, 0.3) is 11.2 Å². The lowest BCUT2D eigenvalue weighted by Gasteiger charge is -2.30. The number of nitrogens with two attached hydrogens (primary N) is 1. The van der Waals surface area contributed by atoms with E-state index in [-0.39, 0.29) is 35.3 Å². The number of aromatic nitrogens is 4. The van der Waals surface area contributed by atoms with E-state index in [0.29, 0.717) is 0 Å². The summed E-state index contributed by atoms with van der Waals surface area (Å²) in [6, 6.07) is 7.27. The Morgan fingerprint density at radius 1 is 0.983 bits per heavy atom. The maximum Gasteiger partial charge on any atom is 0.459 e. The van der Waals surface area contributed by atoms with Gasteiger partial charge >= 0.3 is 19.8 Å². The fraction of sp³-hybridized carbons (Fsp3) is 0.682. The number of hydrogen-bond acceptors (Lipinski definition) is 11. The maximum atomic E-state index is 14.5. The highest BCUT2D eigenvalue weighted by atomic mass is 31.2. The smallest absolute Gasteiger partial charge is 0.459 e. The molecule has 15 heteroatoms. The summed E-state index contributed by atoms with van der Waals surface area (Å²) in [6.45, 7) is 5.41. The number of hydrogen-bond donors (Lipinski definition) is 3. The summed E-state index contributed by atoms with van der Waals surface area (Å²) >= 11 is 0. The predicted molar refractivity (Wildman–Crippen MR) is 229 cm³/mol. The first-order valence-electron chi connectivity index (χ1n) is 22.0. The Bertz CT molecular complexity index is 1760. The molecule has 0 aliphatic carbocycles. The van der Waals surface area contributed by atoms with Gasteiger partial charge in [-0.1, -0.05) is 141 Å². The normalized spacial score (nSPS) is 19.5. The minimum Gasteiger partial charge on any atom is -0.461 e. The molecule has 1 aliphatic heterocycles. The summed E-state index contributed by atoms with van der Waals surface area (Å²) in [7, 11) is -4.39. The molecule has 3 aromatic rings. The zero-order valence-electron chi connectivity index (χ0n) is 35.5. The number of fused-ring (bicyclic) bond motifs is 1. The molecule has 0 bridgehead atoms. The average molecular weight is 843 g/mol. The van der Waals surface area contributed by atoms with Gasteiger partial charge in [0, 0.05) is 6.42 Å². The van der Waals surface area contributed by atoms with Crippen molar-refractivity contribution in [3.05, 3.63) is 42.7 Å². The van der Waals surface area contributed by atoms with Crippen LogP contribution in [0.5, 0.6) is 5.75 Å². The highest BCUT2D eigenvalue weighted by Crippen LogP contribution is 2.48. The summed E-state index contributed by atoms with van der Waals surface area (Å²) in [6.07, 6.45) is 26.8. The fourth-order valence-corrected chi connectivity index (χ4v) is 8.94. The van der Waals surface area contributed by atoms with Gasteiger partial charge in [0.2, 0.25) is 0 Å². The van der Waals surface area contributed by atoms with Crippen molar-refractivity contribution in [3.8, 4) is 18.1 Å². The number of aliphatic hydroxyl groups is 1. The highest BCUT2D eigenvalue weighted by Gasteiger charge is 2.50. The van der Waals surface area contributed by atoms with E-state index in [4.69, 9.17) is 30.7 Å². The van der Waals surface area contributed by atoms with E-state index in [2.05, 4.69) is 39.8 Å². The minimum atomic E-state index is -4.39. The van der Waals surface area contributed by atoms with Crippen LogP contribution in [0.4, 0.5) is 10.2 Å². The van der Waals surface area contributed by atoms with Crippen molar-refractivity contribution in [3.63, 3.8) is 0 Å². The number of carbonyl (C=O) groups excluding carboxylic acids is 1. The number of ether oxygens (including phenoxy) is 2. The Kier molecular flexibility index (Phi) is 20.6. The number of benzene rings is 1. The van der Waals surface area contributed by atoms with Crippen LogP contribution in [0, 0.1) is 18.4 Å². The molecule has 1 aliphatic rings.